The molecule has 0 atom stereocenters. The van der Waals surface area contributed by atoms with Crippen LogP contribution in [0.1, 0.15) is 18.7 Å². The van der Waals surface area contributed by atoms with Crippen LogP contribution >= 0.6 is 0 Å². The Balaban J connectivity index is 1.91. The summed E-state index contributed by atoms with van der Waals surface area (Å²) >= 11 is 0. The first-order valence-corrected chi connectivity index (χ1v) is 5.55. The molecule has 1 fully saturated rings. The third-order valence-corrected chi connectivity index (χ3v) is 3.06. The van der Waals surface area contributed by atoms with Crippen LogP contribution in [-0.2, 0) is 5.54 Å². The molecule has 2 aromatic rings. The molecule has 1 aliphatic rings. The lowest BCUT2D eigenvalue weighted by Crippen LogP contribution is -2.21. The van der Waals surface area contributed by atoms with Gasteiger partial charge in [-0.3, -0.25) is 0 Å². The van der Waals surface area contributed by atoms with Crippen LogP contribution in [0.15, 0.2) is 36.7 Å². The van der Waals surface area contributed by atoms with E-state index in [0.717, 1.165) is 24.0 Å². The van der Waals surface area contributed by atoms with Crippen LogP contribution in [0.4, 0.5) is 4.39 Å². The van der Waals surface area contributed by atoms with Gasteiger partial charge in [0.2, 0.25) is 0 Å². The summed E-state index contributed by atoms with van der Waals surface area (Å²) in [7, 11) is 0. The van der Waals surface area contributed by atoms with Crippen LogP contribution in [0.5, 0.6) is 0 Å². The Bertz CT molecular complexity index is 530. The van der Waals surface area contributed by atoms with Crippen molar-refractivity contribution in [1.82, 2.24) is 9.97 Å². The maximum Gasteiger partial charge on any atom is 0.148 e. The van der Waals surface area contributed by atoms with Gasteiger partial charge in [0, 0.05) is 18.0 Å². The van der Waals surface area contributed by atoms with Gasteiger partial charge in [0.15, 0.2) is 0 Å². The normalized spacial score (nSPS) is 16.8. The highest BCUT2D eigenvalue weighted by Gasteiger charge is 2.42. The van der Waals surface area contributed by atoms with E-state index in [1.807, 2.05) is 0 Å². The van der Waals surface area contributed by atoms with Crippen LogP contribution in [0.3, 0.4) is 0 Å². The monoisotopic (exact) mass is 229 g/mol. The highest BCUT2D eigenvalue weighted by atomic mass is 19.1. The lowest BCUT2D eigenvalue weighted by atomic mass is 10.1. The van der Waals surface area contributed by atoms with E-state index < -0.39 is 0 Å². The summed E-state index contributed by atoms with van der Waals surface area (Å²) < 4.78 is 12.8. The second-order valence-corrected chi connectivity index (χ2v) is 4.46. The standard InChI is InChI=1S/C13H12FN3/c14-11-3-1-9(2-4-11)10-7-16-12(17-8-10)13(15)5-6-13/h1-4,7-8H,5-6,15H2. The van der Waals surface area contributed by atoms with Gasteiger partial charge in [0.1, 0.15) is 11.6 Å². The Morgan fingerprint density at radius 1 is 1.00 bits per heavy atom. The molecule has 0 spiro atoms. The molecule has 0 radical (unpaired) electrons. The molecule has 1 aromatic carbocycles. The van der Waals surface area contributed by atoms with Crippen molar-refractivity contribution in [2.45, 2.75) is 18.4 Å². The number of hydrogen-bond acceptors (Lipinski definition) is 3. The molecule has 2 N–H and O–H groups in total. The molecule has 17 heavy (non-hydrogen) atoms. The van der Waals surface area contributed by atoms with E-state index in [1.54, 1.807) is 24.5 Å². The number of nitrogens with zero attached hydrogens (tertiary/aromatic N) is 2. The molecule has 1 aromatic heterocycles. The van der Waals surface area contributed by atoms with Crippen molar-refractivity contribution in [3.63, 3.8) is 0 Å². The predicted octanol–water partition coefficient (Wildman–Crippen LogP) is 2.23. The van der Waals surface area contributed by atoms with Gasteiger partial charge in [-0.1, -0.05) is 12.1 Å². The van der Waals surface area contributed by atoms with Crippen LogP contribution < -0.4 is 5.73 Å². The Morgan fingerprint density at radius 2 is 1.59 bits per heavy atom. The fourth-order valence-corrected chi connectivity index (χ4v) is 1.73. The third-order valence-electron chi connectivity index (χ3n) is 3.06. The first kappa shape index (κ1) is 10.4. The van der Waals surface area contributed by atoms with Crippen molar-refractivity contribution in [3.05, 3.63) is 48.3 Å². The second-order valence-electron chi connectivity index (χ2n) is 4.46. The van der Waals surface area contributed by atoms with E-state index >= 15 is 0 Å². The molecule has 0 amide bonds. The fraction of sp³-hybridized carbons (Fsp3) is 0.231. The topological polar surface area (TPSA) is 51.8 Å². The van der Waals surface area contributed by atoms with Gasteiger partial charge < -0.3 is 5.73 Å². The molecule has 0 bridgehead atoms. The third kappa shape index (κ3) is 1.91. The van der Waals surface area contributed by atoms with E-state index in [9.17, 15) is 4.39 Å². The highest BCUT2D eigenvalue weighted by molar-refractivity contribution is 5.61. The van der Waals surface area contributed by atoms with Crippen LogP contribution in [-0.4, -0.2) is 9.97 Å². The average Bonchev–Trinajstić information content (AvgIpc) is 3.10. The quantitative estimate of drug-likeness (QED) is 0.859. The van der Waals surface area contributed by atoms with Gasteiger partial charge in [-0.05, 0) is 30.5 Å². The maximum atomic E-state index is 12.8. The van der Waals surface area contributed by atoms with Gasteiger partial charge >= 0.3 is 0 Å². The largest absolute Gasteiger partial charge is 0.319 e. The Labute approximate surface area is 98.5 Å². The molecule has 1 aliphatic carbocycles. The van der Waals surface area contributed by atoms with E-state index in [4.69, 9.17) is 5.73 Å². The minimum Gasteiger partial charge on any atom is -0.319 e. The Kier molecular flexibility index (Phi) is 2.19. The van der Waals surface area contributed by atoms with E-state index in [-0.39, 0.29) is 11.4 Å². The number of halogens is 1. The van der Waals surface area contributed by atoms with Crippen molar-refractivity contribution >= 4 is 0 Å². The lowest BCUT2D eigenvalue weighted by molar-refractivity contribution is 0.628. The zero-order valence-corrected chi connectivity index (χ0v) is 9.23. The zero-order chi connectivity index (χ0) is 11.9. The Hall–Kier alpha value is -1.81. The highest BCUT2D eigenvalue weighted by Crippen LogP contribution is 2.40. The van der Waals surface area contributed by atoms with Crippen LogP contribution in [0.2, 0.25) is 0 Å². The number of benzene rings is 1. The summed E-state index contributed by atoms with van der Waals surface area (Å²) in [6.07, 6.45) is 5.37. The van der Waals surface area contributed by atoms with E-state index in [0.29, 0.717) is 5.82 Å². The Morgan fingerprint density at radius 3 is 2.12 bits per heavy atom. The smallest absolute Gasteiger partial charge is 0.148 e. The summed E-state index contributed by atoms with van der Waals surface area (Å²) in [5.41, 5.74) is 7.47. The first-order valence-electron chi connectivity index (χ1n) is 5.55. The molecular formula is C13H12FN3. The van der Waals surface area contributed by atoms with Crippen LogP contribution in [0, 0.1) is 5.82 Å². The molecule has 3 nitrogen and oxygen atoms in total. The number of hydrogen-bond donors (Lipinski definition) is 1. The van der Waals surface area contributed by atoms with E-state index in [1.165, 1.54) is 12.1 Å². The molecule has 86 valence electrons. The summed E-state index contributed by atoms with van der Waals surface area (Å²) in [6, 6.07) is 6.27. The number of rotatable bonds is 2. The molecule has 1 saturated carbocycles. The maximum absolute atomic E-state index is 12.8. The number of aromatic nitrogens is 2. The van der Waals surface area contributed by atoms with Crippen molar-refractivity contribution in [1.29, 1.82) is 0 Å². The second kappa shape index (κ2) is 3.60. The van der Waals surface area contributed by atoms with Gasteiger partial charge in [-0.2, -0.15) is 0 Å². The predicted molar refractivity (Wildman–Crippen MR) is 62.5 cm³/mol. The summed E-state index contributed by atoms with van der Waals surface area (Å²) in [5, 5.41) is 0. The minimum absolute atomic E-state index is 0.245. The van der Waals surface area contributed by atoms with Crippen LogP contribution in [0.25, 0.3) is 11.1 Å². The fourth-order valence-electron chi connectivity index (χ4n) is 1.73. The van der Waals surface area contributed by atoms with Gasteiger partial charge in [0.05, 0.1) is 5.54 Å². The lowest BCUT2D eigenvalue weighted by Gasteiger charge is -2.07. The molecule has 4 heteroatoms. The molecule has 0 unspecified atom stereocenters. The molecular weight excluding hydrogens is 217 g/mol. The SMILES string of the molecule is NC1(c2ncc(-c3ccc(F)cc3)cn2)CC1. The van der Waals surface area contributed by atoms with Crippen molar-refractivity contribution in [3.8, 4) is 11.1 Å². The summed E-state index contributed by atoms with van der Waals surface area (Å²) in [5.74, 6) is 0.452. The van der Waals surface area contributed by atoms with Crippen molar-refractivity contribution in [2.24, 2.45) is 5.73 Å². The van der Waals surface area contributed by atoms with Crippen molar-refractivity contribution < 1.29 is 4.39 Å². The summed E-state index contributed by atoms with van der Waals surface area (Å²) in [4.78, 5) is 8.56. The zero-order valence-electron chi connectivity index (χ0n) is 9.23. The number of nitrogens with two attached hydrogens (primary N) is 1. The molecule has 3 rings (SSSR count). The average molecular weight is 229 g/mol. The summed E-state index contributed by atoms with van der Waals surface area (Å²) in [6.45, 7) is 0. The molecule has 0 aliphatic heterocycles. The van der Waals surface area contributed by atoms with Gasteiger partial charge in [-0.15, -0.1) is 0 Å². The molecule has 1 heterocycles. The van der Waals surface area contributed by atoms with Gasteiger partial charge in [0.25, 0.3) is 0 Å². The minimum atomic E-state index is -0.304. The molecule has 0 saturated heterocycles. The van der Waals surface area contributed by atoms with Crippen molar-refractivity contribution in [2.75, 3.05) is 0 Å². The van der Waals surface area contributed by atoms with Gasteiger partial charge in [-0.25, -0.2) is 14.4 Å². The van der Waals surface area contributed by atoms with E-state index in [2.05, 4.69) is 9.97 Å². The first-order chi connectivity index (χ1) is 8.17.